The molecule has 1 atom stereocenters. The number of carbonyl (C=O) groups excluding carboxylic acids is 1. The molecule has 1 amide bonds. The summed E-state index contributed by atoms with van der Waals surface area (Å²) in [6.45, 7) is 2.96. The second-order valence-corrected chi connectivity index (χ2v) is 6.83. The molecular weight excluding hydrogens is 343 g/mol. The Morgan fingerprint density at radius 2 is 1.75 bits per heavy atom. The predicted molar refractivity (Wildman–Crippen MR) is 98.8 cm³/mol. The molecule has 24 heavy (non-hydrogen) atoms. The fraction of sp³-hybridized carbons (Fsp3) is 0.316. The number of hydrogen-bond donors (Lipinski definition) is 1. The van der Waals surface area contributed by atoms with E-state index in [0.29, 0.717) is 15.6 Å². The summed E-state index contributed by atoms with van der Waals surface area (Å²) in [6, 6.07) is 15.1. The van der Waals surface area contributed by atoms with Crippen LogP contribution in [0.15, 0.2) is 48.5 Å². The summed E-state index contributed by atoms with van der Waals surface area (Å²) >= 11 is 12.2. The van der Waals surface area contributed by atoms with E-state index in [0.717, 1.165) is 25.2 Å². The number of carbonyl (C=O) groups is 1. The zero-order chi connectivity index (χ0) is 16.9. The number of nitrogens with zero attached hydrogens (tertiary/aromatic N) is 1. The van der Waals surface area contributed by atoms with Crippen molar-refractivity contribution in [3.05, 3.63) is 69.7 Å². The van der Waals surface area contributed by atoms with Gasteiger partial charge in [-0.05, 0) is 43.6 Å². The first-order valence-electron chi connectivity index (χ1n) is 8.17. The third-order valence-electron chi connectivity index (χ3n) is 4.34. The van der Waals surface area contributed by atoms with E-state index < -0.39 is 0 Å². The number of amides is 1. The van der Waals surface area contributed by atoms with Gasteiger partial charge in [0.15, 0.2) is 0 Å². The van der Waals surface area contributed by atoms with Gasteiger partial charge in [0.2, 0.25) is 0 Å². The molecule has 0 saturated carbocycles. The van der Waals surface area contributed by atoms with Crippen molar-refractivity contribution in [2.24, 2.45) is 0 Å². The molecule has 1 heterocycles. The Hall–Kier alpha value is -1.55. The molecule has 0 unspecified atom stereocenters. The van der Waals surface area contributed by atoms with E-state index in [2.05, 4.69) is 10.2 Å². The molecule has 0 aromatic heterocycles. The minimum absolute atomic E-state index is 0.0770. The van der Waals surface area contributed by atoms with E-state index in [1.54, 1.807) is 18.2 Å². The summed E-state index contributed by atoms with van der Waals surface area (Å²) in [7, 11) is 0. The largest absolute Gasteiger partial charge is 0.344 e. The molecule has 0 bridgehead atoms. The lowest BCUT2D eigenvalue weighted by molar-refractivity contribution is 0.0927. The van der Waals surface area contributed by atoms with E-state index in [4.69, 9.17) is 23.2 Å². The van der Waals surface area contributed by atoms with Gasteiger partial charge in [0.05, 0.1) is 21.7 Å². The fourth-order valence-corrected chi connectivity index (χ4v) is 3.44. The van der Waals surface area contributed by atoms with Gasteiger partial charge in [-0.1, -0.05) is 59.6 Å². The van der Waals surface area contributed by atoms with Crippen molar-refractivity contribution in [2.45, 2.75) is 18.9 Å². The van der Waals surface area contributed by atoms with Gasteiger partial charge in [-0.15, -0.1) is 0 Å². The van der Waals surface area contributed by atoms with Crippen molar-refractivity contribution in [3.63, 3.8) is 0 Å². The van der Waals surface area contributed by atoms with E-state index in [1.165, 1.54) is 12.8 Å². The van der Waals surface area contributed by atoms with Crippen molar-refractivity contribution in [1.29, 1.82) is 0 Å². The van der Waals surface area contributed by atoms with Crippen LogP contribution in [0, 0.1) is 0 Å². The molecule has 3 nitrogen and oxygen atoms in total. The lowest BCUT2D eigenvalue weighted by Crippen LogP contribution is -2.37. The first-order valence-corrected chi connectivity index (χ1v) is 8.93. The van der Waals surface area contributed by atoms with E-state index in [1.807, 2.05) is 30.3 Å². The number of nitrogens with one attached hydrogen (secondary N) is 1. The van der Waals surface area contributed by atoms with Crippen molar-refractivity contribution >= 4 is 29.1 Å². The lowest BCUT2D eigenvalue weighted by atomic mass is 10.1. The Morgan fingerprint density at radius 1 is 1.04 bits per heavy atom. The molecule has 1 aliphatic rings. The Balaban J connectivity index is 1.80. The van der Waals surface area contributed by atoms with Crippen LogP contribution in [-0.2, 0) is 0 Å². The molecule has 1 aliphatic heterocycles. The maximum Gasteiger partial charge on any atom is 0.253 e. The SMILES string of the molecule is O=C(N[C@@H](CN1CCCC1)c1ccccc1)c1cccc(Cl)c1Cl. The fourth-order valence-electron chi connectivity index (χ4n) is 3.06. The average molecular weight is 363 g/mol. The Morgan fingerprint density at radius 3 is 2.46 bits per heavy atom. The van der Waals surface area contributed by atoms with Crippen LogP contribution in [0.25, 0.3) is 0 Å². The normalized spacial score (nSPS) is 16.1. The highest BCUT2D eigenvalue weighted by molar-refractivity contribution is 6.43. The Kier molecular flexibility index (Phi) is 5.77. The predicted octanol–water partition coefficient (Wildman–Crippen LogP) is 4.56. The van der Waals surface area contributed by atoms with Gasteiger partial charge in [-0.3, -0.25) is 4.79 Å². The quantitative estimate of drug-likeness (QED) is 0.845. The van der Waals surface area contributed by atoms with Gasteiger partial charge in [0.25, 0.3) is 5.91 Å². The van der Waals surface area contributed by atoms with Crippen LogP contribution < -0.4 is 5.32 Å². The van der Waals surface area contributed by atoms with Crippen LogP contribution in [0.4, 0.5) is 0 Å². The smallest absolute Gasteiger partial charge is 0.253 e. The van der Waals surface area contributed by atoms with Crippen LogP contribution in [0.1, 0.15) is 34.8 Å². The number of rotatable bonds is 5. The summed E-state index contributed by atoms with van der Waals surface area (Å²) < 4.78 is 0. The van der Waals surface area contributed by atoms with Gasteiger partial charge >= 0.3 is 0 Å². The highest BCUT2D eigenvalue weighted by Gasteiger charge is 2.22. The zero-order valence-electron chi connectivity index (χ0n) is 13.3. The second kappa shape index (κ2) is 8.02. The van der Waals surface area contributed by atoms with Gasteiger partial charge in [-0.25, -0.2) is 0 Å². The van der Waals surface area contributed by atoms with Crippen molar-refractivity contribution in [1.82, 2.24) is 10.2 Å². The first-order chi connectivity index (χ1) is 11.6. The number of hydrogen-bond acceptors (Lipinski definition) is 2. The van der Waals surface area contributed by atoms with E-state index in [9.17, 15) is 4.79 Å². The molecule has 2 aromatic rings. The van der Waals surface area contributed by atoms with Gasteiger partial charge in [0, 0.05) is 6.54 Å². The van der Waals surface area contributed by atoms with Gasteiger partial charge in [-0.2, -0.15) is 0 Å². The average Bonchev–Trinajstić information content (AvgIpc) is 3.10. The molecule has 0 spiro atoms. The third kappa shape index (κ3) is 4.10. The maximum absolute atomic E-state index is 12.7. The molecule has 2 aromatic carbocycles. The summed E-state index contributed by atoms with van der Waals surface area (Å²) in [5.74, 6) is -0.199. The Labute approximate surface area is 152 Å². The van der Waals surface area contributed by atoms with Crippen molar-refractivity contribution in [3.8, 4) is 0 Å². The molecule has 0 radical (unpaired) electrons. The Bertz CT molecular complexity index is 700. The summed E-state index contributed by atoms with van der Waals surface area (Å²) in [4.78, 5) is 15.1. The molecule has 5 heteroatoms. The summed E-state index contributed by atoms with van der Waals surface area (Å²) in [5.41, 5.74) is 1.50. The van der Waals surface area contributed by atoms with Crippen LogP contribution in [0.5, 0.6) is 0 Å². The molecular formula is C19H20Cl2N2O. The van der Waals surface area contributed by atoms with Crippen LogP contribution in [0.3, 0.4) is 0 Å². The number of halogens is 2. The van der Waals surface area contributed by atoms with Crippen molar-refractivity contribution in [2.75, 3.05) is 19.6 Å². The second-order valence-electron chi connectivity index (χ2n) is 6.05. The summed E-state index contributed by atoms with van der Waals surface area (Å²) in [5, 5.41) is 3.81. The first kappa shape index (κ1) is 17.3. The lowest BCUT2D eigenvalue weighted by Gasteiger charge is -2.25. The summed E-state index contributed by atoms with van der Waals surface area (Å²) in [6.07, 6.45) is 2.44. The highest BCUT2D eigenvalue weighted by Crippen LogP contribution is 2.26. The van der Waals surface area contributed by atoms with Gasteiger partial charge < -0.3 is 10.2 Å². The number of likely N-dealkylation sites (tertiary alicyclic amines) is 1. The zero-order valence-corrected chi connectivity index (χ0v) is 14.9. The van der Waals surface area contributed by atoms with Crippen LogP contribution in [0.2, 0.25) is 10.0 Å². The number of benzene rings is 2. The molecule has 1 fully saturated rings. The van der Waals surface area contributed by atoms with Crippen molar-refractivity contribution < 1.29 is 4.79 Å². The minimum Gasteiger partial charge on any atom is -0.344 e. The molecule has 3 rings (SSSR count). The molecule has 1 saturated heterocycles. The monoisotopic (exact) mass is 362 g/mol. The molecule has 0 aliphatic carbocycles. The van der Waals surface area contributed by atoms with Crippen LogP contribution >= 0.6 is 23.2 Å². The maximum atomic E-state index is 12.7. The highest BCUT2D eigenvalue weighted by atomic mass is 35.5. The van der Waals surface area contributed by atoms with Gasteiger partial charge in [0.1, 0.15) is 0 Å². The standard InChI is InChI=1S/C19H20Cl2N2O/c20-16-10-6-9-15(18(16)21)19(24)22-17(13-23-11-4-5-12-23)14-7-2-1-3-8-14/h1-3,6-10,17H,4-5,11-13H2,(H,22,24)/t17-/m0/s1. The third-order valence-corrected chi connectivity index (χ3v) is 5.16. The van der Waals surface area contributed by atoms with E-state index >= 15 is 0 Å². The van der Waals surface area contributed by atoms with Crippen LogP contribution in [-0.4, -0.2) is 30.4 Å². The molecule has 126 valence electrons. The topological polar surface area (TPSA) is 32.3 Å². The minimum atomic E-state index is -0.199. The molecule has 1 N–H and O–H groups in total. The van der Waals surface area contributed by atoms with E-state index in [-0.39, 0.29) is 11.9 Å².